The van der Waals surface area contributed by atoms with E-state index in [0.717, 1.165) is 24.2 Å². The third-order valence-electron chi connectivity index (χ3n) is 6.35. The van der Waals surface area contributed by atoms with E-state index in [1.54, 1.807) is 18.3 Å². The maximum Gasteiger partial charge on any atom is 0.181 e. The maximum absolute atomic E-state index is 12.7. The topological polar surface area (TPSA) is 88.0 Å². The molecule has 27 heavy (non-hydrogen) atoms. The molecular weight excluding hydrogens is 338 g/mol. The summed E-state index contributed by atoms with van der Waals surface area (Å²) in [6.45, 7) is 0. The third-order valence-corrected chi connectivity index (χ3v) is 6.35. The van der Waals surface area contributed by atoms with Gasteiger partial charge in [-0.3, -0.25) is 10.2 Å². The van der Waals surface area contributed by atoms with Crippen LogP contribution >= 0.6 is 0 Å². The van der Waals surface area contributed by atoms with Crippen molar-refractivity contribution in [1.82, 2.24) is 14.5 Å². The number of aryl methyl sites for hydroxylation is 1. The zero-order valence-electron chi connectivity index (χ0n) is 16.0. The average molecular weight is 365 g/mol. The number of nitrogens with zero attached hydrogens (tertiary/aromatic N) is 3. The van der Waals surface area contributed by atoms with Gasteiger partial charge in [0.2, 0.25) is 0 Å². The second-order valence-electron chi connectivity index (χ2n) is 8.05. The monoisotopic (exact) mass is 365 g/mol. The molecule has 4 rings (SSSR count). The van der Waals surface area contributed by atoms with Gasteiger partial charge in [0, 0.05) is 54.8 Å². The summed E-state index contributed by atoms with van der Waals surface area (Å²) in [4.78, 5) is 19.5. The van der Waals surface area contributed by atoms with E-state index >= 15 is 0 Å². The molecule has 1 aromatic heterocycles. The summed E-state index contributed by atoms with van der Waals surface area (Å²) in [5.74, 6) is 1.10. The average Bonchev–Trinajstić information content (AvgIpc) is 3.13. The fraction of sp³-hybridized carbons (Fsp3) is 0.476. The van der Waals surface area contributed by atoms with Crippen LogP contribution in [0.2, 0.25) is 0 Å². The highest BCUT2D eigenvalue weighted by Gasteiger charge is 2.39. The number of aromatic nitrogens is 2. The second kappa shape index (κ2) is 6.93. The van der Waals surface area contributed by atoms with Gasteiger partial charge in [-0.25, -0.2) is 4.98 Å². The van der Waals surface area contributed by atoms with Crippen molar-refractivity contribution in [2.24, 2.45) is 13.0 Å². The van der Waals surface area contributed by atoms with E-state index < -0.39 is 0 Å². The first-order valence-electron chi connectivity index (χ1n) is 9.65. The largest absolute Gasteiger partial charge is 0.398 e. The van der Waals surface area contributed by atoms with Gasteiger partial charge in [-0.1, -0.05) is 6.07 Å². The first-order valence-corrected chi connectivity index (χ1v) is 9.65. The molecule has 2 fully saturated rings. The Labute approximate surface area is 159 Å². The summed E-state index contributed by atoms with van der Waals surface area (Å²) in [6.07, 6.45) is 8.69. The van der Waals surface area contributed by atoms with Crippen molar-refractivity contribution in [3.8, 4) is 11.4 Å². The molecule has 2 unspecified atom stereocenters. The van der Waals surface area contributed by atoms with Crippen LogP contribution in [-0.4, -0.2) is 45.1 Å². The van der Waals surface area contributed by atoms with Gasteiger partial charge < -0.3 is 15.2 Å². The smallest absolute Gasteiger partial charge is 0.181 e. The molecule has 3 N–H and O–H groups in total. The number of rotatable bonds is 5. The standard InChI is InChI=1S/C21H27N5O/c1-25-8-7-24-21(25)14-3-6-17(18(22)12-14)20(23)19(27)11-13-9-15-4-5-16(10-13)26(15)2/h3,6-8,12-13,15-16,23H,4-5,9-11,22H2,1-2H3. The van der Waals surface area contributed by atoms with Crippen LogP contribution < -0.4 is 5.73 Å². The molecule has 3 heterocycles. The van der Waals surface area contributed by atoms with Crippen LogP contribution in [0.25, 0.3) is 11.4 Å². The Balaban J connectivity index is 1.46. The summed E-state index contributed by atoms with van der Waals surface area (Å²) in [5.41, 5.74) is 8.08. The Bertz CT molecular complexity index is 872. The van der Waals surface area contributed by atoms with Gasteiger partial charge in [0.15, 0.2) is 5.78 Å². The van der Waals surface area contributed by atoms with Gasteiger partial charge in [0.25, 0.3) is 0 Å². The highest BCUT2D eigenvalue weighted by molar-refractivity contribution is 6.46. The van der Waals surface area contributed by atoms with Crippen LogP contribution in [0.15, 0.2) is 30.6 Å². The first-order chi connectivity index (χ1) is 12.9. The summed E-state index contributed by atoms with van der Waals surface area (Å²) >= 11 is 0. The Morgan fingerprint density at radius 2 is 1.96 bits per heavy atom. The number of piperidine rings is 1. The molecule has 1 aromatic carbocycles. The number of benzene rings is 1. The van der Waals surface area contributed by atoms with E-state index in [9.17, 15) is 4.79 Å². The molecular formula is C21H27N5O. The summed E-state index contributed by atoms with van der Waals surface area (Å²) < 4.78 is 1.92. The Hall–Kier alpha value is -2.47. The van der Waals surface area contributed by atoms with Crippen LogP contribution in [-0.2, 0) is 11.8 Å². The van der Waals surface area contributed by atoms with Crippen molar-refractivity contribution in [2.45, 2.75) is 44.2 Å². The lowest BCUT2D eigenvalue weighted by atomic mass is 9.85. The van der Waals surface area contributed by atoms with Gasteiger partial charge in [-0.2, -0.15) is 0 Å². The van der Waals surface area contributed by atoms with E-state index in [1.807, 2.05) is 23.9 Å². The van der Waals surface area contributed by atoms with Crippen LogP contribution in [0, 0.1) is 11.3 Å². The Morgan fingerprint density at radius 1 is 1.26 bits per heavy atom. The van der Waals surface area contributed by atoms with Crippen LogP contribution in [0.4, 0.5) is 5.69 Å². The number of imidazole rings is 1. The number of nitrogens with two attached hydrogens (primary N) is 1. The van der Waals surface area contributed by atoms with E-state index in [1.165, 1.54) is 12.8 Å². The zero-order valence-corrected chi connectivity index (χ0v) is 16.0. The summed E-state index contributed by atoms with van der Waals surface area (Å²) in [7, 11) is 4.12. The number of Topliss-reactive ketones (excluding diaryl/α,β-unsaturated/α-hetero) is 1. The van der Waals surface area contributed by atoms with Crippen molar-refractivity contribution in [3.63, 3.8) is 0 Å². The van der Waals surface area contributed by atoms with Crippen molar-refractivity contribution in [3.05, 3.63) is 36.2 Å². The number of anilines is 1. The van der Waals surface area contributed by atoms with Crippen LogP contribution in [0.3, 0.4) is 0 Å². The fourth-order valence-electron chi connectivity index (χ4n) is 4.78. The number of fused-ring (bicyclic) bond motifs is 2. The number of carbonyl (C=O) groups is 1. The Kier molecular flexibility index (Phi) is 4.60. The number of carbonyl (C=O) groups excluding carboxylic acids is 1. The zero-order chi connectivity index (χ0) is 19.1. The molecule has 0 radical (unpaired) electrons. The van der Waals surface area contributed by atoms with E-state index in [2.05, 4.69) is 16.9 Å². The van der Waals surface area contributed by atoms with Gasteiger partial charge >= 0.3 is 0 Å². The van der Waals surface area contributed by atoms with Crippen molar-refractivity contribution in [1.29, 1.82) is 5.41 Å². The number of ketones is 1. The highest BCUT2D eigenvalue weighted by Crippen LogP contribution is 2.39. The minimum atomic E-state index is -0.0969. The van der Waals surface area contributed by atoms with Gasteiger partial charge in [-0.15, -0.1) is 0 Å². The summed E-state index contributed by atoms with van der Waals surface area (Å²) in [6, 6.07) is 6.68. The highest BCUT2D eigenvalue weighted by atomic mass is 16.1. The predicted molar refractivity (Wildman–Crippen MR) is 107 cm³/mol. The molecule has 2 bridgehead atoms. The number of nitrogen functional groups attached to an aromatic ring is 1. The van der Waals surface area contributed by atoms with E-state index in [-0.39, 0.29) is 11.5 Å². The molecule has 142 valence electrons. The number of hydrogen-bond donors (Lipinski definition) is 2. The van der Waals surface area contributed by atoms with Crippen LogP contribution in [0.1, 0.15) is 37.7 Å². The maximum atomic E-state index is 12.7. The van der Waals surface area contributed by atoms with Gasteiger partial charge in [-0.05, 0) is 50.8 Å². The SMILES string of the molecule is CN1C2CCC1CC(CC(=O)C(=N)c1ccc(-c3nccn3C)cc1N)C2. The number of hydrogen-bond acceptors (Lipinski definition) is 5. The van der Waals surface area contributed by atoms with Gasteiger partial charge in [0.05, 0.1) is 0 Å². The first kappa shape index (κ1) is 17.9. The molecule has 0 amide bonds. The second-order valence-corrected chi connectivity index (χ2v) is 8.05. The Morgan fingerprint density at radius 3 is 2.56 bits per heavy atom. The molecule has 6 heteroatoms. The van der Waals surface area contributed by atoms with Crippen LogP contribution in [0.5, 0.6) is 0 Å². The molecule has 6 nitrogen and oxygen atoms in total. The third kappa shape index (κ3) is 3.30. The molecule has 2 aliphatic heterocycles. The minimum absolute atomic E-state index is 0.0326. The molecule has 0 saturated carbocycles. The van der Waals surface area contributed by atoms with Crippen molar-refractivity contribution < 1.29 is 4.79 Å². The molecule has 2 aromatic rings. The quantitative estimate of drug-likeness (QED) is 0.630. The fourth-order valence-corrected chi connectivity index (χ4v) is 4.78. The van der Waals surface area contributed by atoms with Gasteiger partial charge in [0.1, 0.15) is 11.5 Å². The number of nitrogens with one attached hydrogen (secondary N) is 1. The lowest BCUT2D eigenvalue weighted by Crippen LogP contribution is -2.40. The molecule has 0 spiro atoms. The molecule has 2 saturated heterocycles. The van der Waals surface area contributed by atoms with Crippen molar-refractivity contribution in [2.75, 3.05) is 12.8 Å². The lowest BCUT2D eigenvalue weighted by Gasteiger charge is -2.36. The molecule has 2 aliphatic rings. The normalized spacial score (nSPS) is 24.9. The van der Waals surface area contributed by atoms with Crippen molar-refractivity contribution >= 4 is 17.2 Å². The summed E-state index contributed by atoms with van der Waals surface area (Å²) in [5, 5.41) is 8.38. The molecule has 2 atom stereocenters. The minimum Gasteiger partial charge on any atom is -0.398 e. The van der Waals surface area contributed by atoms with E-state index in [4.69, 9.17) is 11.1 Å². The predicted octanol–water partition coefficient (Wildman–Crippen LogP) is 2.87. The lowest BCUT2D eigenvalue weighted by molar-refractivity contribution is -0.114. The molecule has 0 aliphatic carbocycles. The van der Waals surface area contributed by atoms with E-state index in [0.29, 0.717) is 35.7 Å².